The van der Waals surface area contributed by atoms with Gasteiger partial charge in [0, 0.05) is 5.56 Å². The highest BCUT2D eigenvalue weighted by Gasteiger charge is 2.26. The van der Waals surface area contributed by atoms with Crippen LogP contribution in [0.2, 0.25) is 0 Å². The fourth-order valence-corrected chi connectivity index (χ4v) is 3.89. The molecule has 0 radical (unpaired) electrons. The summed E-state index contributed by atoms with van der Waals surface area (Å²) in [5.41, 5.74) is 0.232. The molecule has 2 aromatic rings. The van der Waals surface area contributed by atoms with E-state index in [0.29, 0.717) is 5.75 Å². The topological polar surface area (TPSA) is 72.5 Å². The maximum absolute atomic E-state index is 13.6. The first-order valence-corrected chi connectivity index (χ1v) is 10.8. The van der Waals surface area contributed by atoms with Gasteiger partial charge in [0.05, 0.1) is 4.90 Å². The second-order valence-electron chi connectivity index (χ2n) is 5.47. The van der Waals surface area contributed by atoms with Crippen LogP contribution >= 0.6 is 11.8 Å². The van der Waals surface area contributed by atoms with E-state index in [4.69, 9.17) is 4.74 Å². The van der Waals surface area contributed by atoms with Crippen LogP contribution in [0.1, 0.15) is 12.0 Å². The zero-order valence-electron chi connectivity index (χ0n) is 14.2. The molecule has 0 unspecified atom stereocenters. The average molecular weight is 397 g/mol. The lowest BCUT2D eigenvalue weighted by Crippen LogP contribution is -2.42. The summed E-state index contributed by atoms with van der Waals surface area (Å²) >= 11 is 1.48. The highest BCUT2D eigenvalue weighted by atomic mass is 32.2. The first-order valence-electron chi connectivity index (χ1n) is 7.90. The van der Waals surface area contributed by atoms with E-state index < -0.39 is 27.9 Å². The molecule has 0 bridgehead atoms. The average Bonchev–Trinajstić information content (AvgIpc) is 2.65. The van der Waals surface area contributed by atoms with Gasteiger partial charge in [-0.05, 0) is 36.6 Å². The van der Waals surface area contributed by atoms with Gasteiger partial charge in [0.15, 0.2) is 0 Å². The standard InChI is InChI=1S/C18H20FNO4S2/c1-25-12-11-17(20-26(22,23)15-8-3-2-4-9-15)18(21)24-13-14-7-5-6-10-16(14)19/h2-10,17,20H,11-13H2,1H3/t17-/m0/s1. The molecular formula is C18H20FNO4S2. The number of halogens is 1. The molecule has 5 nitrogen and oxygen atoms in total. The van der Waals surface area contributed by atoms with Crippen molar-refractivity contribution in [1.29, 1.82) is 0 Å². The Labute approximate surface area is 157 Å². The smallest absolute Gasteiger partial charge is 0.324 e. The predicted octanol–water partition coefficient (Wildman–Crippen LogP) is 2.97. The van der Waals surface area contributed by atoms with Gasteiger partial charge in [-0.15, -0.1) is 0 Å². The number of sulfonamides is 1. The van der Waals surface area contributed by atoms with Crippen LogP contribution in [0.25, 0.3) is 0 Å². The molecule has 0 saturated carbocycles. The predicted molar refractivity (Wildman–Crippen MR) is 99.7 cm³/mol. The molecule has 0 heterocycles. The molecule has 1 N–H and O–H groups in total. The Morgan fingerprint density at radius 3 is 2.46 bits per heavy atom. The molecule has 1 atom stereocenters. The number of rotatable bonds is 9. The summed E-state index contributed by atoms with van der Waals surface area (Å²) in [4.78, 5) is 12.4. The van der Waals surface area contributed by atoms with Crippen LogP contribution in [0.5, 0.6) is 0 Å². The largest absolute Gasteiger partial charge is 0.460 e. The number of nitrogens with one attached hydrogen (secondary N) is 1. The number of carbonyl (C=O) groups is 1. The van der Waals surface area contributed by atoms with Crippen LogP contribution in [-0.4, -0.2) is 32.4 Å². The van der Waals surface area contributed by atoms with Gasteiger partial charge in [0.2, 0.25) is 10.0 Å². The van der Waals surface area contributed by atoms with E-state index in [-0.39, 0.29) is 23.5 Å². The van der Waals surface area contributed by atoms with Crippen LogP contribution in [0.15, 0.2) is 59.5 Å². The van der Waals surface area contributed by atoms with Crippen molar-refractivity contribution in [3.8, 4) is 0 Å². The number of esters is 1. The summed E-state index contributed by atoms with van der Waals surface area (Å²) in [5.74, 6) is -0.649. The van der Waals surface area contributed by atoms with Gasteiger partial charge in [-0.1, -0.05) is 36.4 Å². The second kappa shape index (κ2) is 9.70. The van der Waals surface area contributed by atoms with Crippen molar-refractivity contribution in [1.82, 2.24) is 4.72 Å². The summed E-state index contributed by atoms with van der Waals surface area (Å²) in [7, 11) is -3.86. The van der Waals surface area contributed by atoms with Crippen LogP contribution in [0, 0.1) is 5.82 Å². The third-order valence-corrected chi connectivity index (χ3v) is 5.71. The molecule has 26 heavy (non-hydrogen) atoms. The van der Waals surface area contributed by atoms with Gasteiger partial charge in [-0.3, -0.25) is 4.79 Å². The van der Waals surface area contributed by atoms with Gasteiger partial charge in [-0.25, -0.2) is 12.8 Å². The van der Waals surface area contributed by atoms with E-state index in [2.05, 4.69) is 4.72 Å². The molecule has 0 fully saturated rings. The quantitative estimate of drug-likeness (QED) is 0.659. The van der Waals surface area contributed by atoms with Gasteiger partial charge in [-0.2, -0.15) is 16.5 Å². The minimum atomic E-state index is -3.86. The zero-order chi connectivity index (χ0) is 19.0. The third-order valence-electron chi connectivity index (χ3n) is 3.57. The van der Waals surface area contributed by atoms with Crippen LogP contribution in [0.4, 0.5) is 4.39 Å². The first-order chi connectivity index (χ1) is 12.4. The van der Waals surface area contributed by atoms with Crippen molar-refractivity contribution in [2.45, 2.75) is 24.0 Å². The molecule has 0 spiro atoms. The van der Waals surface area contributed by atoms with Crippen molar-refractivity contribution < 1.29 is 22.3 Å². The van der Waals surface area contributed by atoms with E-state index in [1.165, 1.54) is 42.1 Å². The van der Waals surface area contributed by atoms with Gasteiger partial charge in [0.25, 0.3) is 0 Å². The van der Waals surface area contributed by atoms with E-state index in [1.807, 2.05) is 6.26 Å². The molecular weight excluding hydrogens is 377 g/mol. The Bertz CT molecular complexity index is 828. The normalized spacial score (nSPS) is 12.5. The summed E-state index contributed by atoms with van der Waals surface area (Å²) in [6.45, 7) is -0.256. The molecule has 0 aromatic heterocycles. The second-order valence-corrected chi connectivity index (χ2v) is 8.17. The zero-order valence-corrected chi connectivity index (χ0v) is 15.9. The fourth-order valence-electron chi connectivity index (χ4n) is 2.18. The van der Waals surface area contributed by atoms with E-state index >= 15 is 0 Å². The van der Waals surface area contributed by atoms with Gasteiger partial charge < -0.3 is 4.74 Å². The Morgan fingerprint density at radius 2 is 1.81 bits per heavy atom. The lowest BCUT2D eigenvalue weighted by Gasteiger charge is -2.17. The molecule has 8 heteroatoms. The first kappa shape index (κ1) is 20.4. The number of hydrogen-bond donors (Lipinski definition) is 1. The van der Waals surface area contributed by atoms with Crippen molar-refractivity contribution in [2.75, 3.05) is 12.0 Å². The van der Waals surface area contributed by atoms with Crippen molar-refractivity contribution in [2.24, 2.45) is 0 Å². The van der Waals surface area contributed by atoms with Crippen LogP contribution in [-0.2, 0) is 26.2 Å². The number of benzene rings is 2. The number of carbonyl (C=O) groups excluding carboxylic acids is 1. The lowest BCUT2D eigenvalue weighted by atomic mass is 10.2. The molecule has 0 aliphatic carbocycles. The highest BCUT2D eigenvalue weighted by Crippen LogP contribution is 2.13. The Kier molecular flexibility index (Phi) is 7.62. The maximum Gasteiger partial charge on any atom is 0.324 e. The molecule has 140 valence electrons. The maximum atomic E-state index is 13.6. The number of thioether (sulfide) groups is 1. The van der Waals surface area contributed by atoms with E-state index in [1.54, 1.807) is 24.3 Å². The van der Waals surface area contributed by atoms with Crippen molar-refractivity contribution >= 4 is 27.8 Å². The summed E-state index contributed by atoms with van der Waals surface area (Å²) in [5, 5.41) is 0. The Morgan fingerprint density at radius 1 is 1.15 bits per heavy atom. The Hall–Kier alpha value is -1.90. The van der Waals surface area contributed by atoms with Crippen LogP contribution < -0.4 is 4.72 Å². The van der Waals surface area contributed by atoms with Gasteiger partial charge in [0.1, 0.15) is 18.5 Å². The highest BCUT2D eigenvalue weighted by molar-refractivity contribution is 7.98. The molecule has 0 aliphatic heterocycles. The molecule has 0 amide bonds. The minimum absolute atomic E-state index is 0.0658. The number of ether oxygens (including phenoxy) is 1. The monoisotopic (exact) mass is 397 g/mol. The Balaban J connectivity index is 2.08. The van der Waals surface area contributed by atoms with Crippen molar-refractivity contribution in [3.63, 3.8) is 0 Å². The summed E-state index contributed by atoms with van der Waals surface area (Å²) < 4.78 is 46.1. The summed E-state index contributed by atoms with van der Waals surface area (Å²) in [6.07, 6.45) is 2.12. The molecule has 2 aromatic carbocycles. The van der Waals surface area contributed by atoms with E-state index in [9.17, 15) is 17.6 Å². The molecule has 0 aliphatic rings. The third kappa shape index (κ3) is 5.82. The SMILES string of the molecule is CSCC[C@H](NS(=O)(=O)c1ccccc1)C(=O)OCc1ccccc1F. The molecule has 0 saturated heterocycles. The minimum Gasteiger partial charge on any atom is -0.460 e. The number of hydrogen-bond acceptors (Lipinski definition) is 5. The van der Waals surface area contributed by atoms with Crippen molar-refractivity contribution in [3.05, 3.63) is 66.0 Å². The molecule has 2 rings (SSSR count). The summed E-state index contributed by atoms with van der Waals surface area (Å²) in [6, 6.07) is 12.7. The lowest BCUT2D eigenvalue weighted by molar-refractivity contribution is -0.147. The fraction of sp³-hybridized carbons (Fsp3) is 0.278. The van der Waals surface area contributed by atoms with Crippen LogP contribution in [0.3, 0.4) is 0 Å². The van der Waals surface area contributed by atoms with E-state index in [0.717, 1.165) is 0 Å². The van der Waals surface area contributed by atoms with Gasteiger partial charge >= 0.3 is 5.97 Å².